The van der Waals surface area contributed by atoms with E-state index in [1.807, 2.05) is 38.1 Å². The highest BCUT2D eigenvalue weighted by Gasteiger charge is 2.12. The molecule has 0 radical (unpaired) electrons. The summed E-state index contributed by atoms with van der Waals surface area (Å²) in [5.41, 5.74) is 6.65. The Balaban J connectivity index is 2.32. The van der Waals surface area contributed by atoms with Gasteiger partial charge in [-0.3, -0.25) is 4.79 Å². The molecule has 106 valence electrons. The molecule has 0 bridgehead atoms. The van der Waals surface area contributed by atoms with E-state index in [4.69, 9.17) is 10.5 Å². The molecule has 0 spiro atoms. The van der Waals surface area contributed by atoms with Crippen molar-refractivity contribution in [3.8, 4) is 5.75 Å². The minimum absolute atomic E-state index is 0.0495. The molecule has 19 heavy (non-hydrogen) atoms. The van der Waals surface area contributed by atoms with Gasteiger partial charge in [0.1, 0.15) is 5.75 Å². The molecule has 4 nitrogen and oxygen atoms in total. The Morgan fingerprint density at radius 2 is 2.05 bits per heavy atom. The van der Waals surface area contributed by atoms with Crippen molar-refractivity contribution in [1.29, 1.82) is 0 Å². The molecule has 0 saturated carbocycles. The lowest BCUT2D eigenvalue weighted by molar-refractivity contribution is -0.121. The molecule has 0 fully saturated rings. The normalized spacial score (nSPS) is 11.2. The molecule has 0 atom stereocenters. The Labute approximate surface area is 115 Å². The van der Waals surface area contributed by atoms with Gasteiger partial charge < -0.3 is 15.8 Å². The van der Waals surface area contributed by atoms with E-state index in [0.29, 0.717) is 19.4 Å². The monoisotopic (exact) mass is 264 g/mol. The number of nitrogens with two attached hydrogens (primary N) is 1. The van der Waals surface area contributed by atoms with Crippen LogP contribution in [0.25, 0.3) is 0 Å². The zero-order valence-corrected chi connectivity index (χ0v) is 12.0. The van der Waals surface area contributed by atoms with Crippen LogP contribution >= 0.6 is 0 Å². The largest absolute Gasteiger partial charge is 0.496 e. The van der Waals surface area contributed by atoms with Gasteiger partial charge in [0.15, 0.2) is 0 Å². The van der Waals surface area contributed by atoms with Crippen molar-refractivity contribution in [3.05, 3.63) is 29.8 Å². The Morgan fingerprint density at radius 3 is 2.68 bits per heavy atom. The first kappa shape index (κ1) is 15.5. The van der Waals surface area contributed by atoms with Crippen LogP contribution in [0.2, 0.25) is 0 Å². The number of hydrogen-bond donors (Lipinski definition) is 2. The molecule has 0 heterocycles. The molecule has 0 aromatic heterocycles. The number of benzene rings is 1. The van der Waals surface area contributed by atoms with Gasteiger partial charge >= 0.3 is 0 Å². The number of para-hydroxylation sites is 1. The predicted molar refractivity (Wildman–Crippen MR) is 77.2 cm³/mol. The van der Waals surface area contributed by atoms with E-state index in [-0.39, 0.29) is 11.4 Å². The summed E-state index contributed by atoms with van der Waals surface area (Å²) in [4.78, 5) is 11.6. The molecule has 1 rings (SSSR count). The number of rotatable bonds is 7. The van der Waals surface area contributed by atoms with Crippen molar-refractivity contribution in [2.75, 3.05) is 13.7 Å². The van der Waals surface area contributed by atoms with Gasteiger partial charge in [-0.15, -0.1) is 0 Å². The molecule has 3 N–H and O–H groups in total. The molecular formula is C15H24N2O2. The third-order valence-electron chi connectivity index (χ3n) is 2.91. The van der Waals surface area contributed by atoms with Crippen LogP contribution in [0.5, 0.6) is 5.75 Å². The second-order valence-corrected chi connectivity index (χ2v) is 5.40. The average molecular weight is 264 g/mol. The Kier molecular flexibility index (Phi) is 5.83. The second kappa shape index (κ2) is 7.14. The first-order valence-corrected chi connectivity index (χ1v) is 6.60. The summed E-state index contributed by atoms with van der Waals surface area (Å²) < 4.78 is 5.27. The summed E-state index contributed by atoms with van der Waals surface area (Å²) >= 11 is 0. The maximum absolute atomic E-state index is 11.6. The fourth-order valence-corrected chi connectivity index (χ4v) is 1.77. The van der Waals surface area contributed by atoms with Crippen LogP contribution in [0.15, 0.2) is 24.3 Å². The van der Waals surface area contributed by atoms with Crippen molar-refractivity contribution in [2.24, 2.45) is 5.73 Å². The number of methoxy groups -OCH3 is 1. The molecule has 1 amide bonds. The van der Waals surface area contributed by atoms with E-state index in [2.05, 4.69) is 5.32 Å². The van der Waals surface area contributed by atoms with E-state index < -0.39 is 0 Å². The summed E-state index contributed by atoms with van der Waals surface area (Å²) in [6, 6.07) is 7.84. The molecule has 0 aliphatic heterocycles. The summed E-state index contributed by atoms with van der Waals surface area (Å²) in [7, 11) is 1.65. The summed E-state index contributed by atoms with van der Waals surface area (Å²) in [6.07, 6.45) is 1.92. The Hall–Kier alpha value is -1.55. The SMILES string of the molecule is COc1ccccc1CCNC(=O)CCC(C)(C)N. The summed E-state index contributed by atoms with van der Waals surface area (Å²) in [5.74, 6) is 0.910. The molecule has 4 heteroatoms. The van der Waals surface area contributed by atoms with Crippen LogP contribution in [-0.2, 0) is 11.2 Å². The zero-order valence-electron chi connectivity index (χ0n) is 12.0. The molecule has 1 aromatic rings. The summed E-state index contributed by atoms with van der Waals surface area (Å²) in [5, 5.41) is 2.90. The molecule has 1 aromatic carbocycles. The lowest BCUT2D eigenvalue weighted by Crippen LogP contribution is -2.34. The Morgan fingerprint density at radius 1 is 1.37 bits per heavy atom. The van der Waals surface area contributed by atoms with Crippen LogP contribution in [0.4, 0.5) is 0 Å². The topological polar surface area (TPSA) is 64.3 Å². The van der Waals surface area contributed by atoms with Crippen LogP contribution in [-0.4, -0.2) is 25.1 Å². The van der Waals surface area contributed by atoms with Gasteiger partial charge in [-0.05, 0) is 38.3 Å². The second-order valence-electron chi connectivity index (χ2n) is 5.40. The average Bonchev–Trinajstić information content (AvgIpc) is 2.36. The number of hydrogen-bond acceptors (Lipinski definition) is 3. The maximum atomic E-state index is 11.6. The minimum atomic E-state index is -0.292. The number of carbonyl (C=O) groups excluding carboxylic acids is 1. The van der Waals surface area contributed by atoms with Gasteiger partial charge in [-0.25, -0.2) is 0 Å². The molecule has 0 unspecified atom stereocenters. The van der Waals surface area contributed by atoms with Gasteiger partial charge in [-0.1, -0.05) is 18.2 Å². The van der Waals surface area contributed by atoms with Crippen LogP contribution in [0, 0.1) is 0 Å². The quantitative estimate of drug-likeness (QED) is 0.790. The number of amides is 1. The van der Waals surface area contributed by atoms with Crippen molar-refractivity contribution >= 4 is 5.91 Å². The third-order valence-corrected chi connectivity index (χ3v) is 2.91. The summed E-state index contributed by atoms with van der Waals surface area (Å²) in [6.45, 7) is 4.47. The standard InChI is InChI=1S/C15H24N2O2/c1-15(2,16)10-8-14(18)17-11-9-12-6-4-5-7-13(12)19-3/h4-7H,8-11,16H2,1-3H3,(H,17,18). The van der Waals surface area contributed by atoms with E-state index in [0.717, 1.165) is 17.7 Å². The predicted octanol–water partition coefficient (Wildman–Crippen LogP) is 1.87. The lowest BCUT2D eigenvalue weighted by Gasteiger charge is -2.17. The highest BCUT2D eigenvalue weighted by molar-refractivity contribution is 5.75. The van der Waals surface area contributed by atoms with Gasteiger partial charge in [0.2, 0.25) is 5.91 Å². The molecule has 0 aliphatic rings. The molecular weight excluding hydrogens is 240 g/mol. The minimum Gasteiger partial charge on any atom is -0.496 e. The highest BCUT2D eigenvalue weighted by atomic mass is 16.5. The molecule has 0 aliphatic carbocycles. The number of nitrogens with one attached hydrogen (secondary N) is 1. The van der Waals surface area contributed by atoms with Gasteiger partial charge in [0.05, 0.1) is 7.11 Å². The third kappa shape index (κ3) is 6.25. The van der Waals surface area contributed by atoms with Crippen molar-refractivity contribution in [1.82, 2.24) is 5.32 Å². The van der Waals surface area contributed by atoms with Crippen LogP contribution in [0.1, 0.15) is 32.3 Å². The van der Waals surface area contributed by atoms with E-state index in [1.165, 1.54) is 0 Å². The maximum Gasteiger partial charge on any atom is 0.220 e. The molecule has 0 saturated heterocycles. The Bertz CT molecular complexity index is 411. The smallest absolute Gasteiger partial charge is 0.220 e. The first-order valence-electron chi connectivity index (χ1n) is 6.60. The first-order chi connectivity index (χ1) is 8.92. The van der Waals surface area contributed by atoms with E-state index in [1.54, 1.807) is 7.11 Å². The number of ether oxygens (including phenoxy) is 1. The van der Waals surface area contributed by atoms with Crippen LogP contribution < -0.4 is 15.8 Å². The fourth-order valence-electron chi connectivity index (χ4n) is 1.77. The van der Waals surface area contributed by atoms with E-state index in [9.17, 15) is 4.79 Å². The highest BCUT2D eigenvalue weighted by Crippen LogP contribution is 2.17. The van der Waals surface area contributed by atoms with Crippen molar-refractivity contribution in [3.63, 3.8) is 0 Å². The lowest BCUT2D eigenvalue weighted by atomic mass is 10.00. The fraction of sp³-hybridized carbons (Fsp3) is 0.533. The van der Waals surface area contributed by atoms with Gasteiger partial charge in [0, 0.05) is 18.5 Å². The van der Waals surface area contributed by atoms with Crippen LogP contribution in [0.3, 0.4) is 0 Å². The number of carbonyl (C=O) groups is 1. The van der Waals surface area contributed by atoms with Crippen molar-refractivity contribution in [2.45, 2.75) is 38.6 Å². The van der Waals surface area contributed by atoms with E-state index >= 15 is 0 Å². The van der Waals surface area contributed by atoms with Gasteiger partial charge in [-0.2, -0.15) is 0 Å². The van der Waals surface area contributed by atoms with Gasteiger partial charge in [0.25, 0.3) is 0 Å². The van der Waals surface area contributed by atoms with Crippen molar-refractivity contribution < 1.29 is 9.53 Å². The zero-order chi connectivity index (χ0) is 14.3.